The molecule has 1 fully saturated rings. The van der Waals surface area contributed by atoms with Gasteiger partial charge in [-0.15, -0.1) is 0 Å². The molecule has 0 radical (unpaired) electrons. The summed E-state index contributed by atoms with van der Waals surface area (Å²) < 4.78 is 0. The zero-order valence-corrected chi connectivity index (χ0v) is 4.98. The molecule has 0 aromatic carbocycles. The summed E-state index contributed by atoms with van der Waals surface area (Å²) >= 11 is 0. The Hall–Kier alpha value is -0.0800. The van der Waals surface area contributed by atoms with E-state index in [1.807, 2.05) is 0 Å². The Morgan fingerprint density at radius 2 is 1.62 bits per heavy atom. The van der Waals surface area contributed by atoms with Gasteiger partial charge in [0.15, 0.2) is 0 Å². The van der Waals surface area contributed by atoms with Crippen molar-refractivity contribution in [3.05, 3.63) is 0 Å². The lowest BCUT2D eigenvalue weighted by atomic mass is 9.95. The Labute approximate surface area is 49.1 Å². The largest absolute Gasteiger partial charge is 0.419 e. The van der Waals surface area contributed by atoms with Crippen LogP contribution in [0.25, 0.3) is 0 Å². The Morgan fingerprint density at radius 3 is 1.88 bits per heavy atom. The fourth-order valence-electron chi connectivity index (χ4n) is 1.14. The lowest BCUT2D eigenvalue weighted by molar-refractivity contribution is -0.180. The monoisotopic (exact) mass is 117 g/mol. The lowest BCUT2D eigenvalue weighted by Gasteiger charge is -2.20. The van der Waals surface area contributed by atoms with Crippen LogP contribution in [0.2, 0.25) is 0 Å². The zero-order chi connectivity index (χ0) is 6.04. The molecule has 0 amide bonds. The predicted octanol–water partition coefficient (Wildman–Crippen LogP) is 0.364. The molecule has 0 heterocycles. The minimum absolute atomic E-state index is 0.674. The van der Waals surface area contributed by atoms with E-state index in [4.69, 9.17) is 10.2 Å². The van der Waals surface area contributed by atoms with Crippen molar-refractivity contribution in [1.29, 1.82) is 0 Å². The SMILES string of the molecule is OC1([OH2+])CCCCC1. The molecule has 2 heteroatoms. The van der Waals surface area contributed by atoms with Gasteiger partial charge in [0.1, 0.15) is 0 Å². The maximum atomic E-state index is 9.04. The molecule has 0 atom stereocenters. The minimum Gasteiger partial charge on any atom is -0.419 e. The molecule has 0 aromatic heterocycles. The maximum Gasteiger partial charge on any atom is 0.270 e. The number of rotatable bonds is 0. The topological polar surface area (TPSA) is 43.1 Å². The molecule has 8 heavy (non-hydrogen) atoms. The molecule has 1 aliphatic rings. The quantitative estimate of drug-likeness (QED) is 0.361. The van der Waals surface area contributed by atoms with Gasteiger partial charge in [-0.1, -0.05) is 6.42 Å². The molecule has 0 saturated heterocycles. The van der Waals surface area contributed by atoms with Gasteiger partial charge in [-0.2, -0.15) is 0 Å². The molecule has 0 spiro atoms. The van der Waals surface area contributed by atoms with Crippen molar-refractivity contribution < 1.29 is 10.2 Å². The van der Waals surface area contributed by atoms with Gasteiger partial charge in [0, 0.05) is 0 Å². The second-order valence-electron chi connectivity index (χ2n) is 2.59. The molecule has 1 rings (SSSR count). The first-order valence-electron chi connectivity index (χ1n) is 3.18. The van der Waals surface area contributed by atoms with Crippen molar-refractivity contribution >= 4 is 0 Å². The van der Waals surface area contributed by atoms with Crippen LogP contribution < -0.4 is 0 Å². The maximum absolute atomic E-state index is 9.04. The highest BCUT2D eigenvalue weighted by Crippen LogP contribution is 2.24. The van der Waals surface area contributed by atoms with Crippen LogP contribution in [0, 0.1) is 0 Å². The summed E-state index contributed by atoms with van der Waals surface area (Å²) in [5.74, 6) is -1.07. The smallest absolute Gasteiger partial charge is 0.270 e. The Balaban J connectivity index is 2.33. The van der Waals surface area contributed by atoms with E-state index >= 15 is 0 Å². The Kier molecular flexibility index (Phi) is 1.54. The van der Waals surface area contributed by atoms with Crippen LogP contribution in [0.5, 0.6) is 0 Å². The van der Waals surface area contributed by atoms with Crippen molar-refractivity contribution in [2.45, 2.75) is 37.9 Å². The molecule has 0 unspecified atom stereocenters. The van der Waals surface area contributed by atoms with Crippen LogP contribution >= 0.6 is 0 Å². The van der Waals surface area contributed by atoms with E-state index in [0.717, 1.165) is 12.8 Å². The van der Waals surface area contributed by atoms with E-state index in [2.05, 4.69) is 0 Å². The molecule has 0 bridgehead atoms. The van der Waals surface area contributed by atoms with E-state index in [0.29, 0.717) is 12.8 Å². The van der Waals surface area contributed by atoms with Crippen LogP contribution in [-0.2, 0) is 0 Å². The summed E-state index contributed by atoms with van der Waals surface area (Å²) in [5.41, 5.74) is 0. The fraction of sp³-hybridized carbons (Fsp3) is 1.00. The molecule has 2 nitrogen and oxygen atoms in total. The third kappa shape index (κ3) is 1.46. The van der Waals surface area contributed by atoms with E-state index in [9.17, 15) is 0 Å². The second-order valence-corrected chi connectivity index (χ2v) is 2.59. The fourth-order valence-corrected chi connectivity index (χ4v) is 1.14. The number of hydrogen-bond acceptors (Lipinski definition) is 1. The predicted molar refractivity (Wildman–Crippen MR) is 31.6 cm³/mol. The zero-order valence-electron chi connectivity index (χ0n) is 4.98. The van der Waals surface area contributed by atoms with Gasteiger partial charge in [0.25, 0.3) is 5.79 Å². The van der Waals surface area contributed by atoms with Crippen molar-refractivity contribution in [3.8, 4) is 0 Å². The van der Waals surface area contributed by atoms with Gasteiger partial charge >= 0.3 is 0 Å². The molecular weight excluding hydrogens is 104 g/mol. The Morgan fingerprint density at radius 1 is 1.12 bits per heavy atom. The summed E-state index contributed by atoms with van der Waals surface area (Å²) in [7, 11) is 0. The first-order valence-corrected chi connectivity index (χ1v) is 3.18. The number of aliphatic hydroxyl groups is 1. The highest BCUT2D eigenvalue weighted by molar-refractivity contribution is 4.69. The van der Waals surface area contributed by atoms with Gasteiger partial charge in [-0.25, -0.2) is 0 Å². The van der Waals surface area contributed by atoms with Crippen molar-refractivity contribution in [2.24, 2.45) is 0 Å². The number of hydrogen-bond donors (Lipinski definition) is 1. The van der Waals surface area contributed by atoms with Crippen LogP contribution in [0.3, 0.4) is 0 Å². The standard InChI is InChI=1S/C6H12O2/c7-6(8)4-2-1-3-5-6/h7-8H,1-5H2/p+1. The van der Waals surface area contributed by atoms with Crippen LogP contribution in [-0.4, -0.2) is 16.0 Å². The average Bonchev–Trinajstić information content (AvgIpc) is 1.65. The van der Waals surface area contributed by atoms with Crippen LogP contribution in [0.15, 0.2) is 0 Å². The van der Waals surface area contributed by atoms with E-state index < -0.39 is 5.79 Å². The third-order valence-electron chi connectivity index (χ3n) is 1.68. The summed E-state index contributed by atoms with van der Waals surface area (Å²) in [4.78, 5) is 0. The normalized spacial score (nSPS) is 27.8. The Bertz CT molecular complexity index is 70.6. The molecular formula is C6H13O2+. The summed E-state index contributed by atoms with van der Waals surface area (Å²) in [6.07, 6.45) is 4.60. The van der Waals surface area contributed by atoms with Gasteiger partial charge < -0.3 is 10.2 Å². The molecule has 1 saturated carbocycles. The first kappa shape index (κ1) is 6.05. The summed E-state index contributed by atoms with van der Waals surface area (Å²) in [6.45, 7) is 0. The van der Waals surface area contributed by atoms with Gasteiger partial charge in [-0.3, -0.25) is 0 Å². The molecule has 0 aliphatic heterocycles. The molecule has 1 aliphatic carbocycles. The molecule has 3 N–H and O–H groups in total. The van der Waals surface area contributed by atoms with Gasteiger partial charge in [-0.05, 0) is 12.8 Å². The van der Waals surface area contributed by atoms with E-state index in [1.165, 1.54) is 6.42 Å². The van der Waals surface area contributed by atoms with Gasteiger partial charge in [0.2, 0.25) is 0 Å². The van der Waals surface area contributed by atoms with Crippen molar-refractivity contribution in [2.75, 3.05) is 0 Å². The van der Waals surface area contributed by atoms with Crippen LogP contribution in [0.4, 0.5) is 0 Å². The van der Waals surface area contributed by atoms with Crippen LogP contribution in [0.1, 0.15) is 32.1 Å². The van der Waals surface area contributed by atoms with E-state index in [1.54, 1.807) is 0 Å². The highest BCUT2D eigenvalue weighted by atomic mass is 16.5. The molecule has 0 aromatic rings. The van der Waals surface area contributed by atoms with E-state index in [-0.39, 0.29) is 0 Å². The first-order chi connectivity index (χ1) is 3.71. The average molecular weight is 117 g/mol. The van der Waals surface area contributed by atoms with Crippen molar-refractivity contribution in [3.63, 3.8) is 0 Å². The van der Waals surface area contributed by atoms with Gasteiger partial charge in [0.05, 0.1) is 12.8 Å². The highest BCUT2D eigenvalue weighted by Gasteiger charge is 2.30. The van der Waals surface area contributed by atoms with Crippen molar-refractivity contribution in [1.82, 2.24) is 0 Å². The lowest BCUT2D eigenvalue weighted by Crippen LogP contribution is -2.30. The molecule has 48 valence electrons. The summed E-state index contributed by atoms with van der Waals surface area (Å²) in [5, 5.41) is 16.2. The second kappa shape index (κ2) is 2.03. The third-order valence-corrected chi connectivity index (χ3v) is 1.68. The minimum atomic E-state index is -1.07. The summed E-state index contributed by atoms with van der Waals surface area (Å²) in [6, 6.07) is 0.